The minimum absolute atomic E-state index is 0.141. The van der Waals surface area contributed by atoms with Gasteiger partial charge in [0.1, 0.15) is 0 Å². The minimum Gasteiger partial charge on any atom is -0.354 e. The van der Waals surface area contributed by atoms with Crippen LogP contribution in [0.1, 0.15) is 51.4 Å². The highest BCUT2D eigenvalue weighted by atomic mass is 16.2. The van der Waals surface area contributed by atoms with Gasteiger partial charge in [-0.25, -0.2) is 0 Å². The van der Waals surface area contributed by atoms with Gasteiger partial charge in [-0.15, -0.1) is 0 Å². The van der Waals surface area contributed by atoms with Crippen LogP contribution in [-0.4, -0.2) is 24.9 Å². The molecule has 0 aromatic heterocycles. The SMILES string of the molecule is O=C(CC1CCCCC1)NCCNC(=O)C1CC1. The quantitative estimate of drug-likeness (QED) is 0.705. The van der Waals surface area contributed by atoms with E-state index < -0.39 is 0 Å². The zero-order valence-corrected chi connectivity index (χ0v) is 11.0. The van der Waals surface area contributed by atoms with Crippen LogP contribution in [0.4, 0.5) is 0 Å². The zero-order valence-electron chi connectivity index (χ0n) is 11.0. The predicted molar refractivity (Wildman–Crippen MR) is 69.9 cm³/mol. The van der Waals surface area contributed by atoms with Crippen LogP contribution in [0.15, 0.2) is 0 Å². The summed E-state index contributed by atoms with van der Waals surface area (Å²) in [5.41, 5.74) is 0. The van der Waals surface area contributed by atoms with Crippen molar-refractivity contribution in [2.75, 3.05) is 13.1 Å². The number of carbonyl (C=O) groups excluding carboxylic acids is 2. The Morgan fingerprint density at radius 3 is 2.22 bits per heavy atom. The van der Waals surface area contributed by atoms with Gasteiger partial charge in [0.25, 0.3) is 0 Å². The largest absolute Gasteiger partial charge is 0.354 e. The van der Waals surface area contributed by atoms with Crippen molar-refractivity contribution < 1.29 is 9.59 Å². The monoisotopic (exact) mass is 252 g/mol. The molecule has 0 saturated heterocycles. The second kappa shape index (κ2) is 6.76. The minimum atomic E-state index is 0.141. The molecule has 2 saturated carbocycles. The Morgan fingerprint density at radius 1 is 0.889 bits per heavy atom. The molecule has 2 rings (SSSR count). The summed E-state index contributed by atoms with van der Waals surface area (Å²) in [6, 6.07) is 0. The van der Waals surface area contributed by atoms with Crippen molar-refractivity contribution >= 4 is 11.8 Å². The van der Waals surface area contributed by atoms with E-state index in [1.807, 2.05) is 0 Å². The van der Waals surface area contributed by atoms with Crippen molar-refractivity contribution in [3.05, 3.63) is 0 Å². The molecule has 0 heterocycles. The summed E-state index contributed by atoms with van der Waals surface area (Å²) in [6.07, 6.45) is 8.99. The smallest absolute Gasteiger partial charge is 0.223 e. The number of hydrogen-bond donors (Lipinski definition) is 2. The van der Waals surface area contributed by atoms with Crippen LogP contribution in [0.5, 0.6) is 0 Å². The Balaban J connectivity index is 1.49. The number of amides is 2. The molecule has 102 valence electrons. The molecule has 2 fully saturated rings. The Labute approximate surface area is 109 Å². The van der Waals surface area contributed by atoms with Gasteiger partial charge < -0.3 is 10.6 Å². The molecule has 0 unspecified atom stereocenters. The molecule has 0 atom stereocenters. The van der Waals surface area contributed by atoms with Gasteiger partial charge >= 0.3 is 0 Å². The summed E-state index contributed by atoms with van der Waals surface area (Å²) >= 11 is 0. The first-order valence-corrected chi connectivity index (χ1v) is 7.30. The first-order valence-electron chi connectivity index (χ1n) is 7.30. The maximum absolute atomic E-state index is 11.7. The fourth-order valence-electron chi connectivity index (χ4n) is 2.60. The van der Waals surface area contributed by atoms with E-state index in [4.69, 9.17) is 0 Å². The topological polar surface area (TPSA) is 58.2 Å². The van der Waals surface area contributed by atoms with Crippen LogP contribution in [0.25, 0.3) is 0 Å². The van der Waals surface area contributed by atoms with Gasteiger partial charge in [-0.1, -0.05) is 19.3 Å². The van der Waals surface area contributed by atoms with Crippen LogP contribution in [0, 0.1) is 11.8 Å². The normalized spacial score (nSPS) is 20.4. The summed E-state index contributed by atoms with van der Waals surface area (Å²) in [5.74, 6) is 1.13. The first kappa shape index (κ1) is 13.4. The number of hydrogen-bond acceptors (Lipinski definition) is 2. The maximum atomic E-state index is 11.7. The van der Waals surface area contributed by atoms with E-state index in [1.165, 1.54) is 32.1 Å². The van der Waals surface area contributed by atoms with Gasteiger partial charge in [0, 0.05) is 25.4 Å². The summed E-state index contributed by atoms with van der Waals surface area (Å²) in [5, 5.41) is 5.74. The highest BCUT2D eigenvalue weighted by Crippen LogP contribution is 2.28. The van der Waals surface area contributed by atoms with Crippen molar-refractivity contribution in [2.24, 2.45) is 11.8 Å². The average Bonchev–Trinajstić information content (AvgIpc) is 3.20. The van der Waals surface area contributed by atoms with Gasteiger partial charge in [-0.3, -0.25) is 9.59 Å². The fraction of sp³-hybridized carbons (Fsp3) is 0.857. The van der Waals surface area contributed by atoms with Crippen LogP contribution in [-0.2, 0) is 9.59 Å². The molecule has 0 radical (unpaired) electrons. The summed E-state index contributed by atoms with van der Waals surface area (Å²) in [4.78, 5) is 23.0. The molecule has 18 heavy (non-hydrogen) atoms. The second-order valence-electron chi connectivity index (χ2n) is 5.62. The molecule has 2 N–H and O–H groups in total. The molecule has 2 aliphatic carbocycles. The number of carbonyl (C=O) groups is 2. The predicted octanol–water partition coefficient (Wildman–Crippen LogP) is 1.60. The van der Waals surface area contributed by atoms with E-state index in [1.54, 1.807) is 0 Å². The van der Waals surface area contributed by atoms with E-state index >= 15 is 0 Å². The number of rotatable bonds is 6. The third-order valence-corrected chi connectivity index (χ3v) is 3.89. The molecule has 2 amide bonds. The molecule has 0 bridgehead atoms. The van der Waals surface area contributed by atoms with Gasteiger partial charge in [0.15, 0.2) is 0 Å². The van der Waals surface area contributed by atoms with Crippen molar-refractivity contribution in [1.82, 2.24) is 10.6 Å². The molecular formula is C14H24N2O2. The van der Waals surface area contributed by atoms with Gasteiger partial charge in [-0.05, 0) is 31.6 Å². The van der Waals surface area contributed by atoms with E-state index in [2.05, 4.69) is 10.6 Å². The van der Waals surface area contributed by atoms with Crippen molar-refractivity contribution in [2.45, 2.75) is 51.4 Å². The van der Waals surface area contributed by atoms with Gasteiger partial charge in [-0.2, -0.15) is 0 Å². The molecular weight excluding hydrogens is 228 g/mol. The Hall–Kier alpha value is -1.06. The van der Waals surface area contributed by atoms with Crippen LogP contribution >= 0.6 is 0 Å². The number of nitrogens with one attached hydrogen (secondary N) is 2. The van der Waals surface area contributed by atoms with Crippen LogP contribution in [0.2, 0.25) is 0 Å². The summed E-state index contributed by atoms with van der Waals surface area (Å²) < 4.78 is 0. The molecule has 0 aromatic carbocycles. The lowest BCUT2D eigenvalue weighted by Crippen LogP contribution is -2.36. The van der Waals surface area contributed by atoms with E-state index in [0.717, 1.165) is 12.8 Å². The lowest BCUT2D eigenvalue weighted by molar-refractivity contribution is -0.124. The van der Waals surface area contributed by atoms with Crippen LogP contribution < -0.4 is 10.6 Å². The Bertz CT molecular complexity index is 294. The highest BCUT2D eigenvalue weighted by Gasteiger charge is 2.29. The molecule has 0 spiro atoms. The van der Waals surface area contributed by atoms with Crippen LogP contribution in [0.3, 0.4) is 0 Å². The molecule has 0 aliphatic heterocycles. The molecule has 4 nitrogen and oxygen atoms in total. The lowest BCUT2D eigenvalue weighted by atomic mass is 9.87. The van der Waals surface area contributed by atoms with Crippen molar-refractivity contribution in [3.8, 4) is 0 Å². The molecule has 2 aliphatic rings. The highest BCUT2D eigenvalue weighted by molar-refractivity contribution is 5.81. The standard InChI is InChI=1S/C14H24N2O2/c17-13(10-11-4-2-1-3-5-11)15-8-9-16-14(18)12-6-7-12/h11-12H,1-10H2,(H,15,17)(H,16,18). The summed E-state index contributed by atoms with van der Waals surface area (Å²) in [7, 11) is 0. The van der Waals surface area contributed by atoms with Gasteiger partial charge in [0.05, 0.1) is 0 Å². The van der Waals surface area contributed by atoms with Crippen molar-refractivity contribution in [1.29, 1.82) is 0 Å². The first-order chi connectivity index (χ1) is 8.75. The average molecular weight is 252 g/mol. The maximum Gasteiger partial charge on any atom is 0.223 e. The Kier molecular flexibility index (Phi) is 5.02. The summed E-state index contributed by atoms with van der Waals surface area (Å²) in [6.45, 7) is 1.12. The van der Waals surface area contributed by atoms with E-state index in [9.17, 15) is 9.59 Å². The van der Waals surface area contributed by atoms with Gasteiger partial charge in [0.2, 0.25) is 11.8 Å². The lowest BCUT2D eigenvalue weighted by Gasteiger charge is -2.20. The second-order valence-corrected chi connectivity index (χ2v) is 5.62. The van der Waals surface area contributed by atoms with E-state index in [-0.39, 0.29) is 17.7 Å². The fourth-order valence-corrected chi connectivity index (χ4v) is 2.60. The Morgan fingerprint density at radius 2 is 1.56 bits per heavy atom. The third-order valence-electron chi connectivity index (χ3n) is 3.89. The molecule has 4 heteroatoms. The molecule has 0 aromatic rings. The van der Waals surface area contributed by atoms with E-state index in [0.29, 0.717) is 25.4 Å². The third kappa shape index (κ3) is 4.67. The zero-order chi connectivity index (χ0) is 12.8. The van der Waals surface area contributed by atoms with Crippen molar-refractivity contribution in [3.63, 3.8) is 0 Å².